The molecule has 10 aromatic rings. The fourth-order valence-electron chi connectivity index (χ4n) is 7.96. The number of rotatable bonds is 9. The Bertz CT molecular complexity index is 2920. The third-order valence-electron chi connectivity index (χ3n) is 10.9. The van der Waals surface area contributed by atoms with Crippen molar-refractivity contribution >= 4 is 28.0 Å². The van der Waals surface area contributed by atoms with Crippen molar-refractivity contribution in [3.63, 3.8) is 0 Å². The molecule has 2 heteroatoms. The van der Waals surface area contributed by atoms with Crippen LogP contribution in [0.5, 0.6) is 0 Å². The Balaban J connectivity index is 1.03. The standard InChI is InChI=1S/C56H39NO/c1-4-14-40(15-5-1)41-24-26-42(27-25-41)43-28-33-49(34-29-43)57(54-22-12-11-21-52(54)46-18-8-3-9-19-46)50-35-30-44(31-36-50)47-32-37-51(45-16-6-2-7-17-45)53(38-47)56-39-48-20-10-13-23-55(48)58-56/h1-39H. The number of hydrogen-bond donors (Lipinski definition) is 0. The van der Waals surface area contributed by atoms with E-state index in [-0.39, 0.29) is 0 Å². The maximum absolute atomic E-state index is 6.46. The molecule has 0 saturated carbocycles. The Kier molecular flexibility index (Phi) is 9.27. The van der Waals surface area contributed by atoms with Crippen LogP contribution in [0.2, 0.25) is 0 Å². The largest absolute Gasteiger partial charge is 0.456 e. The van der Waals surface area contributed by atoms with Gasteiger partial charge < -0.3 is 9.32 Å². The van der Waals surface area contributed by atoms with Crippen molar-refractivity contribution in [2.45, 2.75) is 0 Å². The van der Waals surface area contributed by atoms with Gasteiger partial charge in [-0.2, -0.15) is 0 Å². The Hall–Kier alpha value is -7.68. The molecule has 58 heavy (non-hydrogen) atoms. The fraction of sp³-hybridized carbons (Fsp3) is 0. The molecule has 0 atom stereocenters. The number of fused-ring (bicyclic) bond motifs is 1. The molecule has 9 aromatic carbocycles. The zero-order valence-corrected chi connectivity index (χ0v) is 31.9. The third kappa shape index (κ3) is 6.89. The first-order chi connectivity index (χ1) is 28.7. The molecule has 0 aliphatic heterocycles. The summed E-state index contributed by atoms with van der Waals surface area (Å²) in [5, 5.41) is 1.09. The van der Waals surface area contributed by atoms with E-state index >= 15 is 0 Å². The summed E-state index contributed by atoms with van der Waals surface area (Å²) in [7, 11) is 0. The van der Waals surface area contributed by atoms with Crippen LogP contribution in [0, 0.1) is 0 Å². The van der Waals surface area contributed by atoms with Crippen molar-refractivity contribution in [3.8, 4) is 67.0 Å². The molecule has 1 aromatic heterocycles. The minimum Gasteiger partial charge on any atom is -0.456 e. The molecule has 0 saturated heterocycles. The van der Waals surface area contributed by atoms with Gasteiger partial charge in [0, 0.05) is 27.9 Å². The molecule has 0 N–H and O–H groups in total. The lowest BCUT2D eigenvalue weighted by molar-refractivity contribution is 0.632. The molecular formula is C56H39NO. The van der Waals surface area contributed by atoms with E-state index in [4.69, 9.17) is 4.42 Å². The van der Waals surface area contributed by atoms with E-state index in [9.17, 15) is 0 Å². The maximum Gasteiger partial charge on any atom is 0.136 e. The highest BCUT2D eigenvalue weighted by Crippen LogP contribution is 2.43. The minimum atomic E-state index is 0.859. The van der Waals surface area contributed by atoms with Crippen molar-refractivity contribution in [1.29, 1.82) is 0 Å². The second-order valence-electron chi connectivity index (χ2n) is 14.5. The van der Waals surface area contributed by atoms with Gasteiger partial charge in [0.05, 0.1) is 5.69 Å². The number of benzene rings is 9. The summed E-state index contributed by atoms with van der Waals surface area (Å²) in [4.78, 5) is 2.37. The summed E-state index contributed by atoms with van der Waals surface area (Å²) >= 11 is 0. The normalized spacial score (nSPS) is 11.1. The number of anilines is 3. The second kappa shape index (κ2) is 15.5. The number of furan rings is 1. The summed E-state index contributed by atoms with van der Waals surface area (Å²) in [5.74, 6) is 0.859. The number of hydrogen-bond acceptors (Lipinski definition) is 2. The average molecular weight is 742 g/mol. The van der Waals surface area contributed by atoms with Crippen LogP contribution >= 0.6 is 0 Å². The Labute approximate surface area is 339 Å². The summed E-state index contributed by atoms with van der Waals surface area (Å²) < 4.78 is 6.46. The molecule has 2 nitrogen and oxygen atoms in total. The summed E-state index contributed by atoms with van der Waals surface area (Å²) in [5.41, 5.74) is 16.9. The second-order valence-corrected chi connectivity index (χ2v) is 14.5. The van der Waals surface area contributed by atoms with Crippen LogP contribution < -0.4 is 4.90 Å². The van der Waals surface area contributed by atoms with Crippen molar-refractivity contribution in [1.82, 2.24) is 0 Å². The smallest absolute Gasteiger partial charge is 0.136 e. The van der Waals surface area contributed by atoms with E-state index in [2.05, 4.69) is 229 Å². The van der Waals surface area contributed by atoms with Crippen LogP contribution in [0.15, 0.2) is 241 Å². The van der Waals surface area contributed by atoms with Crippen LogP contribution in [0.25, 0.3) is 77.9 Å². The van der Waals surface area contributed by atoms with E-state index in [1.165, 1.54) is 33.4 Å². The zero-order valence-electron chi connectivity index (χ0n) is 31.9. The van der Waals surface area contributed by atoms with Gasteiger partial charge >= 0.3 is 0 Å². The van der Waals surface area contributed by atoms with Crippen molar-refractivity contribution in [2.75, 3.05) is 4.90 Å². The lowest BCUT2D eigenvalue weighted by Gasteiger charge is -2.28. The van der Waals surface area contributed by atoms with Gasteiger partial charge in [0.2, 0.25) is 0 Å². The van der Waals surface area contributed by atoms with Gasteiger partial charge in [-0.1, -0.05) is 188 Å². The number of nitrogens with zero attached hydrogens (tertiary/aromatic N) is 1. The molecule has 0 unspecified atom stereocenters. The predicted molar refractivity (Wildman–Crippen MR) is 244 cm³/mol. The van der Waals surface area contributed by atoms with E-state index in [1.54, 1.807) is 0 Å². The monoisotopic (exact) mass is 741 g/mol. The predicted octanol–water partition coefficient (Wildman–Crippen LogP) is 15.9. The van der Waals surface area contributed by atoms with Crippen LogP contribution in [0.3, 0.4) is 0 Å². The molecule has 0 radical (unpaired) electrons. The number of para-hydroxylation sites is 2. The van der Waals surface area contributed by atoms with Gasteiger partial charge in [-0.25, -0.2) is 0 Å². The van der Waals surface area contributed by atoms with E-state index in [0.717, 1.165) is 61.6 Å². The van der Waals surface area contributed by atoms with Crippen molar-refractivity contribution in [2.24, 2.45) is 0 Å². The molecular weight excluding hydrogens is 703 g/mol. The third-order valence-corrected chi connectivity index (χ3v) is 10.9. The van der Waals surface area contributed by atoms with Crippen LogP contribution in [0.4, 0.5) is 17.1 Å². The van der Waals surface area contributed by atoms with E-state index < -0.39 is 0 Å². The highest BCUT2D eigenvalue weighted by Gasteiger charge is 2.19. The molecule has 0 amide bonds. The quantitative estimate of drug-likeness (QED) is 0.146. The Morgan fingerprint density at radius 2 is 0.707 bits per heavy atom. The maximum atomic E-state index is 6.46. The van der Waals surface area contributed by atoms with Crippen molar-refractivity contribution < 1.29 is 4.42 Å². The molecule has 0 fully saturated rings. The van der Waals surface area contributed by atoms with E-state index in [0.29, 0.717) is 0 Å². The average Bonchev–Trinajstić information content (AvgIpc) is 3.75. The topological polar surface area (TPSA) is 16.4 Å². The SMILES string of the molecule is c1ccc(-c2ccc(-c3ccc(N(c4ccc(-c5ccc(-c6ccccc6)c(-c6cc7ccccc7o6)c5)cc4)c4ccccc4-c4ccccc4)cc3)cc2)cc1. The minimum absolute atomic E-state index is 0.859. The van der Waals surface area contributed by atoms with Gasteiger partial charge in [0.15, 0.2) is 0 Å². The summed E-state index contributed by atoms with van der Waals surface area (Å²) in [6.07, 6.45) is 0. The Morgan fingerprint density at radius 1 is 0.276 bits per heavy atom. The first kappa shape index (κ1) is 34.8. The summed E-state index contributed by atoms with van der Waals surface area (Å²) in [6.45, 7) is 0. The van der Waals surface area contributed by atoms with Crippen LogP contribution in [-0.4, -0.2) is 0 Å². The first-order valence-electron chi connectivity index (χ1n) is 19.7. The first-order valence-corrected chi connectivity index (χ1v) is 19.7. The Morgan fingerprint density at radius 3 is 1.29 bits per heavy atom. The van der Waals surface area contributed by atoms with Crippen molar-refractivity contribution in [3.05, 3.63) is 237 Å². The highest BCUT2D eigenvalue weighted by molar-refractivity contribution is 5.92. The van der Waals surface area contributed by atoms with Gasteiger partial charge in [0.25, 0.3) is 0 Å². The van der Waals surface area contributed by atoms with Gasteiger partial charge in [-0.3, -0.25) is 0 Å². The van der Waals surface area contributed by atoms with Gasteiger partial charge in [-0.15, -0.1) is 0 Å². The highest BCUT2D eigenvalue weighted by atomic mass is 16.3. The molecule has 0 spiro atoms. The summed E-state index contributed by atoms with van der Waals surface area (Å²) in [6, 6.07) is 84.1. The molecule has 274 valence electrons. The molecule has 0 aliphatic rings. The molecule has 0 bridgehead atoms. The fourth-order valence-corrected chi connectivity index (χ4v) is 7.96. The zero-order chi connectivity index (χ0) is 38.7. The molecule has 1 heterocycles. The lowest BCUT2D eigenvalue weighted by atomic mass is 9.93. The van der Waals surface area contributed by atoms with Crippen LogP contribution in [-0.2, 0) is 0 Å². The molecule has 0 aliphatic carbocycles. The van der Waals surface area contributed by atoms with E-state index in [1.807, 2.05) is 12.1 Å². The van der Waals surface area contributed by atoms with Crippen LogP contribution in [0.1, 0.15) is 0 Å². The molecule has 10 rings (SSSR count). The van der Waals surface area contributed by atoms with Gasteiger partial charge in [-0.05, 0) is 98.6 Å². The van der Waals surface area contributed by atoms with Gasteiger partial charge in [0.1, 0.15) is 11.3 Å². The lowest BCUT2D eigenvalue weighted by Crippen LogP contribution is -2.11.